The molecule has 0 aromatic carbocycles. The van der Waals surface area contributed by atoms with E-state index in [1.165, 1.54) is 148 Å². The Kier molecular flexibility index (Phi) is 18.1. The van der Waals surface area contributed by atoms with Crippen LogP contribution in [0.5, 0.6) is 0 Å². The number of ether oxygens (including phenoxy) is 3. The average molecular weight is 573 g/mol. The highest BCUT2D eigenvalue weighted by Gasteiger charge is 2.42. The second kappa shape index (κ2) is 21.5. The molecule has 41 heavy (non-hydrogen) atoms. The lowest BCUT2D eigenvalue weighted by atomic mass is 10.0. The lowest BCUT2D eigenvalue weighted by Crippen LogP contribution is -2.03. The van der Waals surface area contributed by atoms with Crippen molar-refractivity contribution in [2.24, 2.45) is 0 Å². The minimum absolute atomic E-state index is 0.0250. The monoisotopic (exact) mass is 572 g/mol. The summed E-state index contributed by atoms with van der Waals surface area (Å²) in [5.74, 6) is -0.0966. The van der Waals surface area contributed by atoms with E-state index >= 15 is 0 Å². The second-order valence-corrected chi connectivity index (χ2v) is 13.2. The Labute approximate surface area is 253 Å². The molecule has 3 rings (SSSR count). The fraction of sp³-hybridized carbons (Fsp3) is 0.865. The zero-order chi connectivity index (χ0) is 29.0. The van der Waals surface area contributed by atoms with Crippen LogP contribution in [-0.2, 0) is 19.0 Å². The third-order valence-corrected chi connectivity index (χ3v) is 9.30. The van der Waals surface area contributed by atoms with Crippen molar-refractivity contribution in [3.05, 3.63) is 23.8 Å². The van der Waals surface area contributed by atoms with Crippen LogP contribution in [0.15, 0.2) is 23.8 Å². The third-order valence-electron chi connectivity index (χ3n) is 9.30. The number of unbranched alkanes of at least 4 members (excludes halogenated alkanes) is 17. The summed E-state index contributed by atoms with van der Waals surface area (Å²) in [6, 6.07) is 0. The standard InChI is InChI=1S/C37H64O4/c1-3-4-5-6-7-8-9-10-14-17-20-23-26-33-35(40-33)28-29-36-34(41-36)27-24-21-18-15-12-11-13-16-19-22-25-32-30-31(2)39-37(32)38/h17,20,30-31,33-36H,3-16,18-19,21-29H2,1-2H3. The van der Waals surface area contributed by atoms with E-state index in [2.05, 4.69) is 19.1 Å². The van der Waals surface area contributed by atoms with Gasteiger partial charge in [0.1, 0.15) is 6.10 Å². The molecule has 5 atom stereocenters. The number of carbonyl (C=O) groups is 1. The highest BCUT2D eigenvalue weighted by Crippen LogP contribution is 2.36. The number of cyclic esters (lactones) is 1. The first kappa shape index (κ1) is 34.4. The molecular formula is C37H64O4. The summed E-state index contributed by atoms with van der Waals surface area (Å²) in [5, 5.41) is 0. The SMILES string of the molecule is CCCCCCCCCCC=CCCC1OC1CCC1OC1CCCCCCCCCCCCC1=CC(C)OC1=O. The molecule has 236 valence electrons. The molecule has 0 radical (unpaired) electrons. The van der Waals surface area contributed by atoms with E-state index in [9.17, 15) is 4.79 Å². The van der Waals surface area contributed by atoms with Crippen molar-refractivity contribution in [2.75, 3.05) is 0 Å². The largest absolute Gasteiger partial charge is 0.455 e. The molecule has 0 aliphatic carbocycles. The van der Waals surface area contributed by atoms with Gasteiger partial charge in [-0.1, -0.05) is 122 Å². The van der Waals surface area contributed by atoms with E-state index in [-0.39, 0.29) is 12.1 Å². The summed E-state index contributed by atoms with van der Waals surface area (Å²) >= 11 is 0. The Morgan fingerprint density at radius 2 is 1.07 bits per heavy atom. The molecule has 3 heterocycles. The van der Waals surface area contributed by atoms with Crippen molar-refractivity contribution < 1.29 is 19.0 Å². The number of hydrogen-bond donors (Lipinski definition) is 0. The minimum Gasteiger partial charge on any atom is -0.455 e. The summed E-state index contributed by atoms with van der Waals surface area (Å²) in [7, 11) is 0. The van der Waals surface area contributed by atoms with E-state index in [0.717, 1.165) is 18.4 Å². The van der Waals surface area contributed by atoms with Gasteiger partial charge in [-0.2, -0.15) is 0 Å². The van der Waals surface area contributed by atoms with Crippen LogP contribution < -0.4 is 0 Å². The van der Waals surface area contributed by atoms with Crippen LogP contribution in [0.25, 0.3) is 0 Å². The van der Waals surface area contributed by atoms with Gasteiger partial charge in [0.05, 0.1) is 24.4 Å². The maximum absolute atomic E-state index is 11.6. The van der Waals surface area contributed by atoms with Crippen molar-refractivity contribution in [1.82, 2.24) is 0 Å². The molecule has 2 fully saturated rings. The number of epoxide rings is 2. The molecule has 2 saturated heterocycles. The Hall–Kier alpha value is -1.13. The molecule has 3 aliphatic rings. The summed E-state index contributed by atoms with van der Waals surface area (Å²) in [4.78, 5) is 11.6. The van der Waals surface area contributed by atoms with Crippen LogP contribution >= 0.6 is 0 Å². The number of esters is 1. The topological polar surface area (TPSA) is 51.4 Å². The Morgan fingerprint density at radius 1 is 0.585 bits per heavy atom. The van der Waals surface area contributed by atoms with E-state index in [4.69, 9.17) is 14.2 Å². The molecule has 0 aromatic rings. The molecule has 4 heteroatoms. The van der Waals surface area contributed by atoms with Crippen molar-refractivity contribution in [2.45, 2.75) is 205 Å². The van der Waals surface area contributed by atoms with Crippen LogP contribution in [0.4, 0.5) is 0 Å². The van der Waals surface area contributed by atoms with Gasteiger partial charge in [-0.3, -0.25) is 0 Å². The van der Waals surface area contributed by atoms with Crippen molar-refractivity contribution in [3.8, 4) is 0 Å². The zero-order valence-corrected chi connectivity index (χ0v) is 26.9. The van der Waals surface area contributed by atoms with Crippen molar-refractivity contribution in [1.29, 1.82) is 0 Å². The molecular weight excluding hydrogens is 508 g/mol. The maximum atomic E-state index is 11.6. The molecule has 0 saturated carbocycles. The second-order valence-electron chi connectivity index (χ2n) is 13.2. The van der Waals surface area contributed by atoms with Gasteiger partial charge in [0, 0.05) is 5.57 Å². The zero-order valence-electron chi connectivity index (χ0n) is 26.9. The predicted octanol–water partition coefficient (Wildman–Crippen LogP) is 10.7. The summed E-state index contributed by atoms with van der Waals surface area (Å²) in [5.41, 5.74) is 0.893. The van der Waals surface area contributed by atoms with Crippen LogP contribution in [0.3, 0.4) is 0 Å². The molecule has 0 amide bonds. The lowest BCUT2D eigenvalue weighted by Gasteiger charge is -2.03. The first-order valence-electron chi connectivity index (χ1n) is 18.0. The van der Waals surface area contributed by atoms with Gasteiger partial charge in [-0.05, 0) is 70.8 Å². The molecule has 0 N–H and O–H groups in total. The number of rotatable bonds is 28. The molecule has 0 bridgehead atoms. The van der Waals surface area contributed by atoms with Gasteiger partial charge in [-0.25, -0.2) is 4.79 Å². The van der Waals surface area contributed by atoms with E-state index < -0.39 is 0 Å². The molecule has 4 nitrogen and oxygen atoms in total. The van der Waals surface area contributed by atoms with Crippen LogP contribution in [0.2, 0.25) is 0 Å². The van der Waals surface area contributed by atoms with Gasteiger partial charge in [-0.15, -0.1) is 0 Å². The van der Waals surface area contributed by atoms with Crippen LogP contribution in [0.1, 0.15) is 174 Å². The lowest BCUT2D eigenvalue weighted by molar-refractivity contribution is -0.139. The summed E-state index contributed by atoms with van der Waals surface area (Å²) < 4.78 is 17.0. The summed E-state index contributed by atoms with van der Waals surface area (Å²) in [6.45, 7) is 4.22. The van der Waals surface area contributed by atoms with Gasteiger partial charge in [0.2, 0.25) is 0 Å². The summed E-state index contributed by atoms with van der Waals surface area (Å²) in [6.07, 6.45) is 41.3. The fourth-order valence-corrected chi connectivity index (χ4v) is 6.49. The quantitative estimate of drug-likeness (QED) is 0.0405. The molecule has 0 spiro atoms. The fourth-order valence-electron chi connectivity index (χ4n) is 6.49. The smallest absolute Gasteiger partial charge is 0.334 e. The maximum Gasteiger partial charge on any atom is 0.334 e. The van der Waals surface area contributed by atoms with E-state index in [1.54, 1.807) is 0 Å². The highest BCUT2D eigenvalue weighted by molar-refractivity contribution is 5.90. The molecule has 3 aliphatic heterocycles. The Balaban J connectivity index is 0.994. The third kappa shape index (κ3) is 16.3. The normalized spacial score (nSPS) is 25.2. The average Bonchev–Trinajstić information content (AvgIpc) is 3.87. The Morgan fingerprint density at radius 3 is 1.66 bits per heavy atom. The number of hydrogen-bond acceptors (Lipinski definition) is 4. The number of carbonyl (C=O) groups excluding carboxylic acids is 1. The van der Waals surface area contributed by atoms with E-state index in [1.807, 2.05) is 13.0 Å². The molecule has 5 unspecified atom stereocenters. The van der Waals surface area contributed by atoms with Gasteiger partial charge in [0.15, 0.2) is 0 Å². The predicted molar refractivity (Wildman–Crippen MR) is 171 cm³/mol. The van der Waals surface area contributed by atoms with Crippen molar-refractivity contribution >= 4 is 5.97 Å². The van der Waals surface area contributed by atoms with Crippen molar-refractivity contribution in [3.63, 3.8) is 0 Å². The van der Waals surface area contributed by atoms with Gasteiger partial charge < -0.3 is 14.2 Å². The van der Waals surface area contributed by atoms with E-state index in [0.29, 0.717) is 24.4 Å². The minimum atomic E-state index is -0.0966. The number of allylic oxidation sites excluding steroid dienone is 2. The highest BCUT2D eigenvalue weighted by atomic mass is 16.6. The van der Waals surface area contributed by atoms with Gasteiger partial charge >= 0.3 is 5.97 Å². The Bertz CT molecular complexity index is 743. The first-order chi connectivity index (χ1) is 20.2. The van der Waals surface area contributed by atoms with Gasteiger partial charge in [0.25, 0.3) is 0 Å². The van der Waals surface area contributed by atoms with Crippen LogP contribution in [-0.4, -0.2) is 36.5 Å². The van der Waals surface area contributed by atoms with Crippen LogP contribution in [0, 0.1) is 0 Å². The molecule has 0 aromatic heterocycles. The first-order valence-corrected chi connectivity index (χ1v) is 18.0.